The van der Waals surface area contributed by atoms with Crippen molar-refractivity contribution in [2.45, 2.75) is 42.9 Å². The molecule has 0 aromatic heterocycles. The first-order valence-corrected chi connectivity index (χ1v) is 8.86. The fourth-order valence-corrected chi connectivity index (χ4v) is 3.78. The van der Waals surface area contributed by atoms with Gasteiger partial charge in [-0.3, -0.25) is 0 Å². The van der Waals surface area contributed by atoms with Crippen molar-refractivity contribution in [3.63, 3.8) is 0 Å². The molecule has 4 nitrogen and oxygen atoms in total. The molecule has 0 atom stereocenters. The molecule has 1 aromatic carbocycles. The average Bonchev–Trinajstić information content (AvgIpc) is 2.48. The van der Waals surface area contributed by atoms with Crippen LogP contribution in [0.2, 0.25) is 0 Å². The Kier molecular flexibility index (Phi) is 7.66. The Labute approximate surface area is 134 Å². The summed E-state index contributed by atoms with van der Waals surface area (Å²) in [5.41, 5.74) is 1.28. The van der Waals surface area contributed by atoms with Crippen molar-refractivity contribution in [3.05, 3.63) is 29.8 Å². The van der Waals surface area contributed by atoms with Gasteiger partial charge in [-0.25, -0.2) is 13.1 Å². The molecule has 120 valence electrons. The normalized spacial score (nSPS) is 16.4. The van der Waals surface area contributed by atoms with Crippen molar-refractivity contribution in [2.24, 2.45) is 0 Å². The second kappa shape index (κ2) is 8.73. The molecule has 0 spiro atoms. The lowest BCUT2D eigenvalue weighted by atomic mass is 9.84. The third-order valence-electron chi connectivity index (χ3n) is 3.93. The Bertz CT molecular complexity index is 511. The van der Waals surface area contributed by atoms with E-state index in [1.165, 1.54) is 37.7 Å². The van der Waals surface area contributed by atoms with Crippen molar-refractivity contribution >= 4 is 22.4 Å². The lowest BCUT2D eigenvalue weighted by Crippen LogP contribution is -2.30. The highest BCUT2D eigenvalue weighted by molar-refractivity contribution is 7.89. The van der Waals surface area contributed by atoms with E-state index in [0.717, 1.165) is 0 Å². The van der Waals surface area contributed by atoms with E-state index in [4.69, 9.17) is 0 Å². The van der Waals surface area contributed by atoms with Crippen molar-refractivity contribution < 1.29 is 8.42 Å². The third kappa shape index (κ3) is 5.25. The number of sulfonamides is 1. The van der Waals surface area contributed by atoms with Gasteiger partial charge in [-0.2, -0.15) is 0 Å². The van der Waals surface area contributed by atoms with Gasteiger partial charge in [-0.05, 0) is 43.5 Å². The van der Waals surface area contributed by atoms with Crippen LogP contribution in [0.25, 0.3) is 0 Å². The van der Waals surface area contributed by atoms with Gasteiger partial charge in [0.25, 0.3) is 0 Å². The lowest BCUT2D eigenvalue weighted by Gasteiger charge is -2.22. The van der Waals surface area contributed by atoms with Crippen LogP contribution in [-0.4, -0.2) is 28.6 Å². The molecule has 0 radical (unpaired) electrons. The molecule has 1 saturated carbocycles. The maximum atomic E-state index is 12.1. The zero-order valence-corrected chi connectivity index (χ0v) is 14.1. The summed E-state index contributed by atoms with van der Waals surface area (Å²) in [6.45, 7) is 1.03. The molecular weight excluding hydrogens is 308 g/mol. The molecule has 0 unspecified atom stereocenters. The van der Waals surface area contributed by atoms with E-state index in [0.29, 0.717) is 23.9 Å². The second-order valence-electron chi connectivity index (χ2n) is 5.41. The van der Waals surface area contributed by atoms with Crippen LogP contribution in [-0.2, 0) is 10.0 Å². The summed E-state index contributed by atoms with van der Waals surface area (Å²) in [4.78, 5) is 0.355. The minimum atomic E-state index is -3.37. The Hall–Kier alpha value is -0.620. The largest absolute Gasteiger partial charge is 0.318 e. The molecule has 6 heteroatoms. The monoisotopic (exact) mass is 332 g/mol. The van der Waals surface area contributed by atoms with Gasteiger partial charge in [-0.15, -0.1) is 12.4 Å². The quantitative estimate of drug-likeness (QED) is 0.787. The number of halogens is 1. The second-order valence-corrected chi connectivity index (χ2v) is 7.17. The Morgan fingerprint density at radius 1 is 1.05 bits per heavy atom. The number of nitrogens with one attached hydrogen (secondary N) is 2. The summed E-state index contributed by atoms with van der Waals surface area (Å²) in [6, 6.07) is 7.41. The zero-order chi connectivity index (χ0) is 14.4. The average molecular weight is 333 g/mol. The third-order valence-corrected chi connectivity index (χ3v) is 5.41. The van der Waals surface area contributed by atoms with Crippen LogP contribution in [0.3, 0.4) is 0 Å². The fourth-order valence-electron chi connectivity index (χ4n) is 2.75. The van der Waals surface area contributed by atoms with Gasteiger partial charge < -0.3 is 5.32 Å². The van der Waals surface area contributed by atoms with Crippen LogP contribution in [0.1, 0.15) is 43.6 Å². The first-order valence-electron chi connectivity index (χ1n) is 7.38. The minimum absolute atomic E-state index is 0. The van der Waals surface area contributed by atoms with Gasteiger partial charge in [0.05, 0.1) is 4.90 Å². The van der Waals surface area contributed by atoms with Gasteiger partial charge in [0.15, 0.2) is 0 Å². The highest BCUT2D eigenvalue weighted by Crippen LogP contribution is 2.32. The maximum absolute atomic E-state index is 12.1. The van der Waals surface area contributed by atoms with E-state index in [2.05, 4.69) is 10.0 Å². The number of likely N-dealkylation sites (N-methyl/N-ethyl adjacent to an activating group) is 1. The number of rotatable bonds is 6. The van der Waals surface area contributed by atoms with Gasteiger partial charge in [-0.1, -0.05) is 31.4 Å². The van der Waals surface area contributed by atoms with Crippen LogP contribution in [0.4, 0.5) is 0 Å². The Balaban J connectivity index is 0.00000220. The molecule has 0 amide bonds. The summed E-state index contributed by atoms with van der Waals surface area (Å²) >= 11 is 0. The van der Waals surface area contributed by atoms with Crippen molar-refractivity contribution in [2.75, 3.05) is 20.1 Å². The summed E-state index contributed by atoms with van der Waals surface area (Å²) in [5, 5.41) is 2.92. The Morgan fingerprint density at radius 3 is 2.24 bits per heavy atom. The molecule has 1 fully saturated rings. The van der Waals surface area contributed by atoms with E-state index in [1.807, 2.05) is 12.1 Å². The molecule has 0 saturated heterocycles. The summed E-state index contributed by atoms with van der Waals surface area (Å²) in [7, 11) is -1.57. The van der Waals surface area contributed by atoms with Crippen LogP contribution in [0.5, 0.6) is 0 Å². The van der Waals surface area contributed by atoms with E-state index >= 15 is 0 Å². The van der Waals surface area contributed by atoms with Crippen LogP contribution >= 0.6 is 12.4 Å². The van der Waals surface area contributed by atoms with Gasteiger partial charge in [0.1, 0.15) is 0 Å². The molecule has 1 aliphatic rings. The number of benzene rings is 1. The molecule has 0 heterocycles. The van der Waals surface area contributed by atoms with E-state index in [-0.39, 0.29) is 12.4 Å². The molecule has 0 aliphatic heterocycles. The highest BCUT2D eigenvalue weighted by Gasteiger charge is 2.17. The summed E-state index contributed by atoms with van der Waals surface area (Å²) < 4.78 is 26.7. The molecule has 2 rings (SSSR count). The number of hydrogen-bond acceptors (Lipinski definition) is 3. The first-order chi connectivity index (χ1) is 9.63. The molecule has 1 aliphatic carbocycles. The zero-order valence-electron chi connectivity index (χ0n) is 12.5. The predicted octanol–water partition coefficient (Wildman–Crippen LogP) is 2.65. The SMILES string of the molecule is CNCCNS(=O)(=O)c1ccc(C2CCCCC2)cc1.Cl. The van der Waals surface area contributed by atoms with Crippen LogP contribution in [0, 0.1) is 0 Å². The fraction of sp³-hybridized carbons (Fsp3) is 0.600. The molecule has 21 heavy (non-hydrogen) atoms. The van der Waals surface area contributed by atoms with Gasteiger partial charge in [0, 0.05) is 13.1 Å². The smallest absolute Gasteiger partial charge is 0.240 e. The predicted molar refractivity (Wildman–Crippen MR) is 88.6 cm³/mol. The van der Waals surface area contributed by atoms with Crippen LogP contribution in [0.15, 0.2) is 29.2 Å². The van der Waals surface area contributed by atoms with Gasteiger partial charge in [0.2, 0.25) is 10.0 Å². The summed E-state index contributed by atoms with van der Waals surface area (Å²) in [5.74, 6) is 0.609. The van der Waals surface area contributed by atoms with E-state index < -0.39 is 10.0 Å². The molecule has 2 N–H and O–H groups in total. The van der Waals surface area contributed by atoms with Crippen molar-refractivity contribution in [1.82, 2.24) is 10.0 Å². The van der Waals surface area contributed by atoms with Crippen molar-refractivity contribution in [1.29, 1.82) is 0 Å². The standard InChI is InChI=1S/C15H24N2O2S.ClH/c1-16-11-12-17-20(18,19)15-9-7-14(8-10-15)13-5-3-2-4-6-13;/h7-10,13,16-17H,2-6,11-12H2,1H3;1H. The van der Waals surface area contributed by atoms with Crippen molar-refractivity contribution in [3.8, 4) is 0 Å². The molecule has 0 bridgehead atoms. The first kappa shape index (κ1) is 18.4. The highest BCUT2D eigenvalue weighted by atomic mass is 35.5. The number of hydrogen-bond donors (Lipinski definition) is 2. The topological polar surface area (TPSA) is 58.2 Å². The molecular formula is C15H25ClN2O2S. The maximum Gasteiger partial charge on any atom is 0.240 e. The Morgan fingerprint density at radius 2 is 1.67 bits per heavy atom. The van der Waals surface area contributed by atoms with E-state index in [1.54, 1.807) is 19.2 Å². The van der Waals surface area contributed by atoms with Gasteiger partial charge >= 0.3 is 0 Å². The summed E-state index contributed by atoms with van der Waals surface area (Å²) in [6.07, 6.45) is 6.37. The van der Waals surface area contributed by atoms with E-state index in [9.17, 15) is 8.42 Å². The lowest BCUT2D eigenvalue weighted by molar-refractivity contribution is 0.443. The van der Waals surface area contributed by atoms with Crippen LogP contribution < -0.4 is 10.0 Å². The minimum Gasteiger partial charge on any atom is -0.318 e. The molecule has 1 aromatic rings.